The van der Waals surface area contributed by atoms with Crippen molar-refractivity contribution in [1.29, 1.82) is 0 Å². The number of benzene rings is 2. The highest BCUT2D eigenvalue weighted by Crippen LogP contribution is 2.26. The van der Waals surface area contributed by atoms with E-state index in [-0.39, 0.29) is 11.8 Å². The van der Waals surface area contributed by atoms with E-state index in [1.165, 1.54) is 0 Å². The van der Waals surface area contributed by atoms with Gasteiger partial charge in [0.25, 0.3) is 5.89 Å². The summed E-state index contributed by atoms with van der Waals surface area (Å²) in [7, 11) is 0. The third-order valence-electron chi connectivity index (χ3n) is 4.48. The summed E-state index contributed by atoms with van der Waals surface area (Å²) in [6.45, 7) is 2.01. The van der Waals surface area contributed by atoms with E-state index in [1.807, 2.05) is 61.5 Å². The molecule has 0 fully saturated rings. The molecule has 140 valence electrons. The van der Waals surface area contributed by atoms with Crippen molar-refractivity contribution in [2.24, 2.45) is 0 Å². The smallest absolute Gasteiger partial charge is 0.283 e. The zero-order chi connectivity index (χ0) is 19.3. The van der Waals surface area contributed by atoms with Crippen LogP contribution in [0.2, 0.25) is 0 Å². The summed E-state index contributed by atoms with van der Waals surface area (Å²) in [4.78, 5) is 12.7. The standard InChI is InChI=1S/C22H19N3O3/c1-2-18(15-7-4-3-5-8-15)20(26)23-17-12-10-16(11-13-17)21-24-25-22(28-21)19-9-6-14-27-19/h3-14,18H,2H2,1H3,(H,23,26). The fourth-order valence-electron chi connectivity index (χ4n) is 3.02. The normalized spacial score (nSPS) is 11.9. The lowest BCUT2D eigenvalue weighted by molar-refractivity contribution is -0.117. The number of furan rings is 1. The molecule has 4 aromatic rings. The van der Waals surface area contributed by atoms with Crippen LogP contribution in [-0.4, -0.2) is 16.1 Å². The van der Waals surface area contributed by atoms with Gasteiger partial charge in [-0.25, -0.2) is 0 Å². The first-order valence-electron chi connectivity index (χ1n) is 9.08. The predicted octanol–water partition coefficient (Wildman–Crippen LogP) is 5.13. The average Bonchev–Trinajstić information content (AvgIpc) is 3.42. The van der Waals surface area contributed by atoms with Crippen molar-refractivity contribution in [3.63, 3.8) is 0 Å². The Bertz CT molecular complexity index is 1040. The first-order chi connectivity index (χ1) is 13.7. The van der Waals surface area contributed by atoms with Crippen molar-refractivity contribution in [1.82, 2.24) is 10.2 Å². The number of nitrogens with zero attached hydrogens (tertiary/aromatic N) is 2. The van der Waals surface area contributed by atoms with Crippen LogP contribution in [0.5, 0.6) is 0 Å². The molecule has 0 spiro atoms. The summed E-state index contributed by atoms with van der Waals surface area (Å²) < 4.78 is 10.9. The number of rotatable bonds is 6. The van der Waals surface area contributed by atoms with E-state index in [2.05, 4.69) is 15.5 Å². The van der Waals surface area contributed by atoms with E-state index in [1.54, 1.807) is 18.4 Å². The van der Waals surface area contributed by atoms with Gasteiger partial charge in [-0.15, -0.1) is 10.2 Å². The Morgan fingerprint density at radius 2 is 1.71 bits per heavy atom. The maximum absolute atomic E-state index is 12.7. The Morgan fingerprint density at radius 3 is 2.39 bits per heavy atom. The van der Waals surface area contributed by atoms with E-state index in [0.717, 1.165) is 17.5 Å². The minimum atomic E-state index is -0.187. The van der Waals surface area contributed by atoms with E-state index in [9.17, 15) is 4.79 Å². The fraction of sp³-hybridized carbons (Fsp3) is 0.136. The molecule has 1 atom stereocenters. The van der Waals surface area contributed by atoms with Crippen LogP contribution in [0.1, 0.15) is 24.8 Å². The molecule has 1 N–H and O–H groups in total. The number of aromatic nitrogens is 2. The number of hydrogen-bond donors (Lipinski definition) is 1. The van der Waals surface area contributed by atoms with Gasteiger partial charge < -0.3 is 14.2 Å². The zero-order valence-corrected chi connectivity index (χ0v) is 15.3. The molecule has 1 unspecified atom stereocenters. The monoisotopic (exact) mass is 373 g/mol. The summed E-state index contributed by atoms with van der Waals surface area (Å²) in [6.07, 6.45) is 2.28. The maximum atomic E-state index is 12.7. The third-order valence-corrected chi connectivity index (χ3v) is 4.48. The number of carbonyl (C=O) groups excluding carboxylic acids is 1. The molecular weight excluding hydrogens is 354 g/mol. The summed E-state index contributed by atoms with van der Waals surface area (Å²) >= 11 is 0. The molecule has 0 radical (unpaired) electrons. The average molecular weight is 373 g/mol. The van der Waals surface area contributed by atoms with Crippen LogP contribution in [0.3, 0.4) is 0 Å². The summed E-state index contributed by atoms with van der Waals surface area (Å²) in [5.74, 6) is 1.02. The summed E-state index contributed by atoms with van der Waals surface area (Å²) in [5.41, 5.74) is 2.49. The Balaban J connectivity index is 1.47. The number of hydrogen-bond acceptors (Lipinski definition) is 5. The number of carbonyl (C=O) groups is 1. The van der Waals surface area contributed by atoms with Crippen molar-refractivity contribution in [3.8, 4) is 23.1 Å². The zero-order valence-electron chi connectivity index (χ0n) is 15.3. The highest BCUT2D eigenvalue weighted by atomic mass is 16.4. The first kappa shape index (κ1) is 17.7. The van der Waals surface area contributed by atoms with E-state index >= 15 is 0 Å². The highest BCUT2D eigenvalue weighted by Gasteiger charge is 2.18. The predicted molar refractivity (Wildman–Crippen MR) is 106 cm³/mol. The van der Waals surface area contributed by atoms with Crippen LogP contribution < -0.4 is 5.32 Å². The molecule has 4 rings (SSSR count). The van der Waals surface area contributed by atoms with Gasteiger partial charge >= 0.3 is 0 Å². The minimum Gasteiger partial charge on any atom is -0.459 e. The van der Waals surface area contributed by atoms with Gasteiger partial charge in [-0.1, -0.05) is 37.3 Å². The molecule has 0 aliphatic heterocycles. The molecule has 6 heteroatoms. The van der Waals surface area contributed by atoms with Crippen molar-refractivity contribution in [2.75, 3.05) is 5.32 Å². The molecule has 6 nitrogen and oxygen atoms in total. The van der Waals surface area contributed by atoms with E-state index in [0.29, 0.717) is 23.2 Å². The van der Waals surface area contributed by atoms with Crippen molar-refractivity contribution in [2.45, 2.75) is 19.3 Å². The lowest BCUT2D eigenvalue weighted by Crippen LogP contribution is -2.20. The van der Waals surface area contributed by atoms with Crippen LogP contribution >= 0.6 is 0 Å². The molecule has 0 aliphatic rings. The number of nitrogens with one attached hydrogen (secondary N) is 1. The molecule has 0 bridgehead atoms. The van der Waals surface area contributed by atoms with Crippen LogP contribution in [0.25, 0.3) is 23.1 Å². The molecule has 1 amide bonds. The molecule has 2 heterocycles. The van der Waals surface area contributed by atoms with Crippen LogP contribution in [0.15, 0.2) is 81.8 Å². The maximum Gasteiger partial charge on any atom is 0.283 e. The second-order valence-corrected chi connectivity index (χ2v) is 6.33. The van der Waals surface area contributed by atoms with Crippen LogP contribution in [-0.2, 0) is 4.79 Å². The Morgan fingerprint density at radius 1 is 0.964 bits per heavy atom. The number of amides is 1. The van der Waals surface area contributed by atoms with Gasteiger partial charge in [0.1, 0.15) is 0 Å². The van der Waals surface area contributed by atoms with Crippen LogP contribution in [0.4, 0.5) is 5.69 Å². The van der Waals surface area contributed by atoms with Gasteiger partial charge in [0, 0.05) is 11.3 Å². The molecular formula is C22H19N3O3. The Labute approximate surface area is 162 Å². The summed E-state index contributed by atoms with van der Waals surface area (Å²) in [5, 5.41) is 11.0. The van der Waals surface area contributed by atoms with Gasteiger partial charge in [0.2, 0.25) is 11.8 Å². The minimum absolute atomic E-state index is 0.0284. The SMILES string of the molecule is CCC(C(=O)Nc1ccc(-c2nnc(-c3ccco3)o2)cc1)c1ccccc1. The van der Waals surface area contributed by atoms with Gasteiger partial charge in [0.15, 0.2) is 5.76 Å². The number of anilines is 1. The van der Waals surface area contributed by atoms with Gasteiger partial charge in [-0.2, -0.15) is 0 Å². The van der Waals surface area contributed by atoms with Crippen molar-refractivity contribution >= 4 is 11.6 Å². The Kier molecular flexibility index (Phi) is 5.01. The van der Waals surface area contributed by atoms with E-state index in [4.69, 9.17) is 8.83 Å². The lowest BCUT2D eigenvalue weighted by Gasteiger charge is -2.15. The lowest BCUT2D eigenvalue weighted by atomic mass is 9.95. The van der Waals surface area contributed by atoms with Crippen molar-refractivity contribution in [3.05, 3.63) is 78.6 Å². The van der Waals surface area contributed by atoms with E-state index < -0.39 is 0 Å². The molecule has 0 saturated carbocycles. The molecule has 2 aromatic carbocycles. The molecule has 0 saturated heterocycles. The molecule has 0 aliphatic carbocycles. The molecule has 28 heavy (non-hydrogen) atoms. The fourth-order valence-corrected chi connectivity index (χ4v) is 3.02. The highest BCUT2D eigenvalue weighted by molar-refractivity contribution is 5.96. The summed E-state index contributed by atoms with van der Waals surface area (Å²) in [6, 6.07) is 20.6. The molecule has 2 aromatic heterocycles. The van der Waals surface area contributed by atoms with Crippen molar-refractivity contribution < 1.29 is 13.6 Å². The second-order valence-electron chi connectivity index (χ2n) is 6.33. The van der Waals surface area contributed by atoms with Gasteiger partial charge in [-0.3, -0.25) is 4.79 Å². The quantitative estimate of drug-likeness (QED) is 0.507. The van der Waals surface area contributed by atoms with Crippen LogP contribution in [0, 0.1) is 0 Å². The third kappa shape index (κ3) is 3.71. The van der Waals surface area contributed by atoms with Gasteiger partial charge in [0.05, 0.1) is 12.2 Å². The Hall–Kier alpha value is -3.67. The first-order valence-corrected chi connectivity index (χ1v) is 9.08. The topological polar surface area (TPSA) is 81.2 Å². The van der Waals surface area contributed by atoms with Gasteiger partial charge in [-0.05, 0) is 48.4 Å². The second kappa shape index (κ2) is 7.92. The largest absolute Gasteiger partial charge is 0.459 e.